The molecule has 0 atom stereocenters. The molecule has 1 aliphatic rings. The van der Waals surface area contributed by atoms with Crippen molar-refractivity contribution in [1.82, 2.24) is 4.90 Å². The van der Waals surface area contributed by atoms with Crippen LogP contribution in [0.1, 0.15) is 21.5 Å². The molecule has 0 spiro atoms. The summed E-state index contributed by atoms with van der Waals surface area (Å²) < 4.78 is 23.8. The zero-order valence-corrected chi connectivity index (χ0v) is 19.3. The molecule has 0 N–H and O–H groups in total. The molecule has 0 radical (unpaired) electrons. The summed E-state index contributed by atoms with van der Waals surface area (Å²) in [6, 6.07) is 20.1. The van der Waals surface area contributed by atoms with E-state index in [0.717, 1.165) is 11.1 Å². The first-order valence-corrected chi connectivity index (χ1v) is 11.2. The van der Waals surface area contributed by atoms with Gasteiger partial charge in [0.1, 0.15) is 18.2 Å². The van der Waals surface area contributed by atoms with Gasteiger partial charge in [-0.2, -0.15) is 0 Å². The Morgan fingerprint density at radius 3 is 2.47 bits per heavy atom. The molecule has 1 heterocycles. The van der Waals surface area contributed by atoms with E-state index in [9.17, 15) is 14.0 Å². The van der Waals surface area contributed by atoms with Gasteiger partial charge in [-0.05, 0) is 65.9 Å². The van der Waals surface area contributed by atoms with Crippen LogP contribution in [0.15, 0.2) is 82.7 Å². The number of rotatable bonds is 6. The van der Waals surface area contributed by atoms with Crippen LogP contribution in [0.2, 0.25) is 0 Å². The Labute approximate surface area is 200 Å². The largest absolute Gasteiger partial charge is 0.488 e. The van der Waals surface area contributed by atoms with Crippen LogP contribution in [0.3, 0.4) is 0 Å². The lowest BCUT2D eigenvalue weighted by Crippen LogP contribution is -2.23. The highest BCUT2D eigenvalue weighted by Crippen LogP contribution is 2.35. The van der Waals surface area contributed by atoms with E-state index >= 15 is 0 Å². The normalized spacial score (nSPS) is 15.7. The molecule has 1 saturated heterocycles. The number of para-hydroxylation sites is 1. The lowest BCUT2D eigenvalue weighted by Gasteiger charge is -2.10. The van der Waals surface area contributed by atoms with Gasteiger partial charge in [-0.3, -0.25) is 9.69 Å². The summed E-state index contributed by atoms with van der Waals surface area (Å²) in [5.74, 6) is -0.290. The van der Waals surface area contributed by atoms with Crippen molar-refractivity contribution in [2.45, 2.75) is 6.61 Å². The van der Waals surface area contributed by atoms with E-state index in [2.05, 4.69) is 4.99 Å². The lowest BCUT2D eigenvalue weighted by atomic mass is 10.1. The molecule has 6 nitrogen and oxygen atoms in total. The van der Waals surface area contributed by atoms with Crippen LogP contribution in [-0.2, 0) is 16.1 Å². The van der Waals surface area contributed by atoms with Crippen molar-refractivity contribution in [3.05, 3.63) is 100 Å². The molecule has 0 bridgehead atoms. The van der Waals surface area contributed by atoms with Crippen LogP contribution in [0, 0.1) is 5.82 Å². The molecular weight excluding hydrogens is 455 g/mol. The second-order valence-corrected chi connectivity index (χ2v) is 8.37. The average Bonchev–Trinajstić information content (AvgIpc) is 3.12. The predicted octanol–water partition coefficient (Wildman–Crippen LogP) is 5.43. The van der Waals surface area contributed by atoms with Crippen molar-refractivity contribution in [1.29, 1.82) is 0 Å². The topological polar surface area (TPSA) is 68.2 Å². The molecule has 172 valence electrons. The highest BCUT2D eigenvalue weighted by atomic mass is 32.2. The molecule has 3 aromatic carbocycles. The molecular formula is C26H21FN2O4S. The Bertz CT molecular complexity index is 1270. The second-order valence-electron chi connectivity index (χ2n) is 7.36. The van der Waals surface area contributed by atoms with Gasteiger partial charge in [0, 0.05) is 12.6 Å². The van der Waals surface area contributed by atoms with E-state index in [-0.39, 0.29) is 18.3 Å². The first-order chi connectivity index (χ1) is 16.4. The quantitative estimate of drug-likeness (QED) is 0.351. The van der Waals surface area contributed by atoms with Crippen molar-refractivity contribution in [2.75, 3.05) is 14.2 Å². The average molecular weight is 477 g/mol. The maximum atomic E-state index is 13.1. The van der Waals surface area contributed by atoms with Crippen LogP contribution in [0.4, 0.5) is 10.1 Å². The zero-order valence-electron chi connectivity index (χ0n) is 18.5. The minimum atomic E-state index is -0.424. The van der Waals surface area contributed by atoms with Crippen molar-refractivity contribution < 1.29 is 23.5 Å². The van der Waals surface area contributed by atoms with Crippen LogP contribution >= 0.6 is 11.8 Å². The Morgan fingerprint density at radius 2 is 1.76 bits per heavy atom. The van der Waals surface area contributed by atoms with Crippen LogP contribution in [0.25, 0.3) is 6.08 Å². The van der Waals surface area contributed by atoms with Crippen LogP contribution in [0.5, 0.6) is 5.75 Å². The van der Waals surface area contributed by atoms with Crippen molar-refractivity contribution in [3.63, 3.8) is 0 Å². The summed E-state index contributed by atoms with van der Waals surface area (Å²) in [6.07, 6.45) is 1.77. The van der Waals surface area contributed by atoms with Gasteiger partial charge in [0.15, 0.2) is 5.17 Å². The van der Waals surface area contributed by atoms with E-state index in [1.807, 2.05) is 24.3 Å². The van der Waals surface area contributed by atoms with E-state index in [4.69, 9.17) is 9.47 Å². The molecule has 1 fully saturated rings. The summed E-state index contributed by atoms with van der Waals surface area (Å²) in [5.41, 5.74) is 2.62. The Hall–Kier alpha value is -3.91. The fourth-order valence-electron chi connectivity index (χ4n) is 3.17. The number of amidine groups is 1. The Morgan fingerprint density at radius 1 is 1.06 bits per heavy atom. The first kappa shape index (κ1) is 23.3. The van der Waals surface area contributed by atoms with E-state index in [1.54, 1.807) is 49.5 Å². The maximum absolute atomic E-state index is 13.1. The minimum absolute atomic E-state index is 0.178. The molecule has 0 saturated carbocycles. The molecule has 1 amide bonds. The fraction of sp³-hybridized carbons (Fsp3) is 0.115. The number of hydrogen-bond acceptors (Lipinski definition) is 6. The van der Waals surface area contributed by atoms with Gasteiger partial charge in [0.25, 0.3) is 5.91 Å². The number of nitrogens with zero attached hydrogens (tertiary/aromatic N) is 2. The highest BCUT2D eigenvalue weighted by molar-refractivity contribution is 8.18. The summed E-state index contributed by atoms with van der Waals surface area (Å²) in [5, 5.41) is 0.520. The van der Waals surface area contributed by atoms with E-state index < -0.39 is 5.97 Å². The third-order valence-corrected chi connectivity index (χ3v) is 6.09. The van der Waals surface area contributed by atoms with Gasteiger partial charge in [-0.1, -0.05) is 30.3 Å². The molecule has 0 aliphatic carbocycles. The summed E-state index contributed by atoms with van der Waals surface area (Å²) in [4.78, 5) is 31.0. The van der Waals surface area contributed by atoms with Gasteiger partial charge >= 0.3 is 5.97 Å². The SMILES string of the molecule is COC(=O)c1ccc(N=C2S/C(=C\c3ccccc3OCc3ccc(F)cc3)C(=O)N2C)cc1. The molecule has 1 aliphatic heterocycles. The maximum Gasteiger partial charge on any atom is 0.337 e. The summed E-state index contributed by atoms with van der Waals surface area (Å²) in [6.45, 7) is 0.274. The van der Waals surface area contributed by atoms with E-state index in [0.29, 0.717) is 27.1 Å². The third-order valence-electron chi connectivity index (χ3n) is 5.03. The number of ether oxygens (including phenoxy) is 2. The number of carbonyl (C=O) groups excluding carboxylic acids is 2. The number of halogens is 1. The van der Waals surface area contributed by atoms with Crippen molar-refractivity contribution in [3.8, 4) is 5.75 Å². The predicted molar refractivity (Wildman–Crippen MR) is 130 cm³/mol. The number of aliphatic imine (C=N–C) groups is 1. The van der Waals surface area contributed by atoms with Gasteiger partial charge in [0.2, 0.25) is 0 Å². The number of thioether (sulfide) groups is 1. The number of amides is 1. The van der Waals surface area contributed by atoms with Gasteiger partial charge in [-0.25, -0.2) is 14.2 Å². The van der Waals surface area contributed by atoms with Gasteiger partial charge in [0.05, 0.1) is 23.3 Å². The standard InChI is InChI=1S/C26H21FN2O4S/c1-29-24(30)23(34-26(29)28-21-13-9-18(10-14-21)25(31)32-2)15-19-5-3-4-6-22(19)33-16-17-7-11-20(27)12-8-17/h3-15H,16H2,1-2H3/b23-15-,28-26?. The number of hydrogen-bond donors (Lipinski definition) is 0. The Balaban J connectivity index is 1.52. The van der Waals surface area contributed by atoms with Crippen LogP contribution < -0.4 is 4.74 Å². The summed E-state index contributed by atoms with van der Waals surface area (Å²) >= 11 is 1.25. The van der Waals surface area contributed by atoms with E-state index in [1.165, 1.54) is 35.9 Å². The number of methoxy groups -OCH3 is 1. The summed E-state index contributed by atoms with van der Waals surface area (Å²) in [7, 11) is 2.99. The third kappa shape index (κ3) is 5.35. The minimum Gasteiger partial charge on any atom is -0.488 e. The lowest BCUT2D eigenvalue weighted by molar-refractivity contribution is -0.121. The fourth-order valence-corrected chi connectivity index (χ4v) is 4.14. The molecule has 4 rings (SSSR count). The highest BCUT2D eigenvalue weighted by Gasteiger charge is 2.30. The first-order valence-electron chi connectivity index (χ1n) is 10.4. The number of esters is 1. The molecule has 3 aromatic rings. The van der Waals surface area contributed by atoms with Crippen molar-refractivity contribution in [2.24, 2.45) is 4.99 Å². The second kappa shape index (κ2) is 10.4. The number of benzene rings is 3. The Kier molecular flexibility index (Phi) is 7.08. The molecule has 8 heteroatoms. The van der Waals surface area contributed by atoms with Gasteiger partial charge < -0.3 is 9.47 Å². The van der Waals surface area contributed by atoms with Gasteiger partial charge in [-0.15, -0.1) is 0 Å². The molecule has 34 heavy (non-hydrogen) atoms. The van der Waals surface area contributed by atoms with Crippen molar-refractivity contribution >= 4 is 40.6 Å². The monoisotopic (exact) mass is 476 g/mol. The number of likely N-dealkylation sites (N-methyl/N-ethyl adjacent to an activating group) is 1. The van der Waals surface area contributed by atoms with Crippen LogP contribution in [-0.4, -0.2) is 36.1 Å². The number of carbonyl (C=O) groups is 2. The smallest absolute Gasteiger partial charge is 0.337 e. The molecule has 0 unspecified atom stereocenters. The molecule has 0 aromatic heterocycles. The zero-order chi connectivity index (χ0) is 24.1.